The van der Waals surface area contributed by atoms with E-state index in [1.54, 1.807) is 44.6 Å². The number of H-pyrrole nitrogens is 1. The van der Waals surface area contributed by atoms with Gasteiger partial charge in [-0.2, -0.15) is 5.26 Å². The van der Waals surface area contributed by atoms with Gasteiger partial charge in [0, 0.05) is 5.56 Å². The monoisotopic (exact) mass is 442 g/mol. The van der Waals surface area contributed by atoms with E-state index in [-0.39, 0.29) is 17.3 Å². The topological polar surface area (TPSA) is 106 Å². The van der Waals surface area contributed by atoms with Crippen LogP contribution in [-0.2, 0) is 0 Å². The van der Waals surface area contributed by atoms with Gasteiger partial charge in [0.05, 0.1) is 41.4 Å². The van der Waals surface area contributed by atoms with Crippen LogP contribution in [0.15, 0.2) is 47.9 Å². The molecule has 0 spiro atoms. The van der Waals surface area contributed by atoms with Gasteiger partial charge in [-0.25, -0.2) is 0 Å². The Hall–Kier alpha value is -3.34. The van der Waals surface area contributed by atoms with Crippen molar-refractivity contribution in [2.75, 3.05) is 14.2 Å². The molecule has 0 bridgehead atoms. The van der Waals surface area contributed by atoms with Crippen molar-refractivity contribution in [2.45, 2.75) is 5.92 Å². The van der Waals surface area contributed by atoms with Gasteiger partial charge in [0.2, 0.25) is 11.8 Å². The molecule has 2 heterocycles. The maximum Gasteiger partial charge on any atom is 0.244 e. The summed E-state index contributed by atoms with van der Waals surface area (Å²) in [5.74, 6) is 0.741. The van der Waals surface area contributed by atoms with Crippen LogP contribution in [-0.4, -0.2) is 24.4 Å². The lowest BCUT2D eigenvalue weighted by Gasteiger charge is -2.25. The number of aromatic amines is 1. The van der Waals surface area contributed by atoms with E-state index in [9.17, 15) is 5.26 Å². The molecule has 1 aliphatic rings. The lowest BCUT2D eigenvalue weighted by Crippen LogP contribution is -2.21. The predicted molar refractivity (Wildman–Crippen MR) is 113 cm³/mol. The minimum atomic E-state index is -0.619. The van der Waals surface area contributed by atoms with Crippen molar-refractivity contribution >= 4 is 23.2 Å². The number of nitriles is 1. The minimum absolute atomic E-state index is 0.0311. The molecule has 1 atom stereocenters. The highest BCUT2D eigenvalue weighted by molar-refractivity contribution is 6.42. The Bertz CT molecular complexity index is 1210. The molecule has 152 valence electrons. The molecule has 4 rings (SSSR count). The molecule has 30 heavy (non-hydrogen) atoms. The second-order valence-electron chi connectivity index (χ2n) is 6.46. The third kappa shape index (κ3) is 3.11. The second kappa shape index (κ2) is 7.82. The highest BCUT2D eigenvalue weighted by atomic mass is 35.5. The van der Waals surface area contributed by atoms with Crippen molar-refractivity contribution in [3.05, 3.63) is 69.0 Å². The van der Waals surface area contributed by atoms with E-state index in [1.807, 2.05) is 6.07 Å². The Morgan fingerprint density at radius 2 is 1.93 bits per heavy atom. The molecule has 3 aromatic rings. The number of rotatable bonds is 4. The molecule has 1 aromatic heterocycles. The molecule has 1 aliphatic heterocycles. The first-order valence-electron chi connectivity index (χ1n) is 8.82. The van der Waals surface area contributed by atoms with E-state index in [2.05, 4.69) is 16.3 Å². The van der Waals surface area contributed by atoms with E-state index in [0.29, 0.717) is 38.4 Å². The number of nitrogens with two attached hydrogens (primary N) is 1. The van der Waals surface area contributed by atoms with Crippen LogP contribution >= 0.6 is 23.2 Å². The second-order valence-corrected chi connectivity index (χ2v) is 7.24. The molecule has 7 nitrogen and oxygen atoms in total. The summed E-state index contributed by atoms with van der Waals surface area (Å²) in [5, 5.41) is 17.8. The number of allylic oxidation sites excluding steroid dienone is 1. The van der Waals surface area contributed by atoms with E-state index in [4.69, 9.17) is 43.1 Å². The van der Waals surface area contributed by atoms with Crippen LogP contribution in [0, 0.1) is 11.3 Å². The van der Waals surface area contributed by atoms with Crippen molar-refractivity contribution in [1.29, 1.82) is 5.26 Å². The first-order valence-corrected chi connectivity index (χ1v) is 9.57. The van der Waals surface area contributed by atoms with Crippen LogP contribution in [0.2, 0.25) is 10.0 Å². The van der Waals surface area contributed by atoms with E-state index < -0.39 is 5.92 Å². The highest BCUT2D eigenvalue weighted by Gasteiger charge is 2.37. The summed E-state index contributed by atoms with van der Waals surface area (Å²) in [5.41, 5.74) is 8.87. The molecule has 0 fully saturated rings. The zero-order valence-corrected chi connectivity index (χ0v) is 17.5. The molecule has 0 aliphatic carbocycles. The van der Waals surface area contributed by atoms with Crippen LogP contribution in [0.25, 0.3) is 11.3 Å². The Kier molecular flexibility index (Phi) is 5.20. The van der Waals surface area contributed by atoms with Gasteiger partial charge in [-0.15, -0.1) is 5.10 Å². The van der Waals surface area contributed by atoms with Crippen LogP contribution < -0.4 is 19.9 Å². The standard InChI is InChI=1S/C21H16Cl2N4O3/c1-28-14-7-6-10(8-15(14)29-2)19-17-16(11-4-3-5-13(22)18(11)23)12(9-24)20(25)30-21(17)27-26-19/h3-8,16H,25H2,1-2H3,(H,26,27)/t16-/m0/s1. The molecule has 3 N–H and O–H groups in total. The van der Waals surface area contributed by atoms with Crippen LogP contribution in [0.4, 0.5) is 0 Å². The first-order chi connectivity index (χ1) is 14.5. The normalized spacial score (nSPS) is 15.2. The largest absolute Gasteiger partial charge is 0.493 e. The van der Waals surface area contributed by atoms with Crippen LogP contribution in [0.3, 0.4) is 0 Å². The summed E-state index contributed by atoms with van der Waals surface area (Å²) < 4.78 is 16.3. The van der Waals surface area contributed by atoms with E-state index in [1.165, 1.54) is 0 Å². The fourth-order valence-electron chi connectivity index (χ4n) is 3.51. The Labute approximate surface area is 182 Å². The number of aromatic nitrogens is 2. The lowest BCUT2D eigenvalue weighted by atomic mass is 9.83. The Balaban J connectivity index is 1.96. The van der Waals surface area contributed by atoms with Gasteiger partial charge in [0.25, 0.3) is 0 Å². The zero-order chi connectivity index (χ0) is 21.4. The van der Waals surface area contributed by atoms with Gasteiger partial charge >= 0.3 is 0 Å². The summed E-state index contributed by atoms with van der Waals surface area (Å²) in [4.78, 5) is 0. The molecule has 0 amide bonds. The third-order valence-electron chi connectivity index (χ3n) is 4.90. The van der Waals surface area contributed by atoms with Gasteiger partial charge in [-0.1, -0.05) is 35.3 Å². The highest BCUT2D eigenvalue weighted by Crippen LogP contribution is 2.48. The van der Waals surface area contributed by atoms with Crippen molar-refractivity contribution in [2.24, 2.45) is 5.73 Å². The zero-order valence-electron chi connectivity index (χ0n) is 16.0. The molecular weight excluding hydrogens is 427 g/mol. The minimum Gasteiger partial charge on any atom is -0.493 e. The molecule has 0 radical (unpaired) electrons. The van der Waals surface area contributed by atoms with Gasteiger partial charge in [0.15, 0.2) is 11.5 Å². The first kappa shape index (κ1) is 20.0. The fraction of sp³-hybridized carbons (Fsp3) is 0.143. The third-order valence-corrected chi connectivity index (χ3v) is 5.74. The van der Waals surface area contributed by atoms with E-state index >= 15 is 0 Å². The average Bonchev–Trinajstić information content (AvgIpc) is 3.17. The number of hydrogen-bond donors (Lipinski definition) is 2. The lowest BCUT2D eigenvalue weighted by molar-refractivity contribution is 0.355. The quantitative estimate of drug-likeness (QED) is 0.610. The smallest absolute Gasteiger partial charge is 0.244 e. The number of nitrogens with zero attached hydrogens (tertiary/aromatic N) is 2. The van der Waals surface area contributed by atoms with Crippen LogP contribution in [0.1, 0.15) is 17.0 Å². The Morgan fingerprint density at radius 1 is 1.17 bits per heavy atom. The fourth-order valence-corrected chi connectivity index (χ4v) is 3.93. The average molecular weight is 443 g/mol. The summed E-state index contributed by atoms with van der Waals surface area (Å²) in [7, 11) is 3.12. The molecular formula is C21H16Cl2N4O3. The molecule has 9 heteroatoms. The molecule has 2 aromatic carbocycles. The number of methoxy groups -OCH3 is 2. The predicted octanol–water partition coefficient (Wildman–Crippen LogP) is 4.62. The number of halogens is 2. The number of hydrogen-bond acceptors (Lipinski definition) is 6. The number of benzene rings is 2. The maximum absolute atomic E-state index is 9.82. The van der Waals surface area contributed by atoms with Gasteiger partial charge < -0.3 is 19.9 Å². The summed E-state index contributed by atoms with van der Waals surface area (Å²) >= 11 is 12.7. The van der Waals surface area contributed by atoms with Crippen molar-refractivity contribution in [3.8, 4) is 34.7 Å². The number of ether oxygens (including phenoxy) is 3. The molecule has 0 saturated carbocycles. The maximum atomic E-state index is 9.82. The van der Waals surface area contributed by atoms with Gasteiger partial charge in [-0.3, -0.25) is 5.10 Å². The van der Waals surface area contributed by atoms with Crippen molar-refractivity contribution in [3.63, 3.8) is 0 Å². The SMILES string of the molecule is COc1ccc(-c2[nH]nc3c2[C@@H](c2cccc(Cl)c2Cl)C(C#N)=C(N)O3)cc1OC. The summed E-state index contributed by atoms with van der Waals surface area (Å²) in [6.07, 6.45) is 0. The van der Waals surface area contributed by atoms with Crippen molar-refractivity contribution in [1.82, 2.24) is 10.2 Å². The Morgan fingerprint density at radius 3 is 2.63 bits per heavy atom. The van der Waals surface area contributed by atoms with E-state index in [0.717, 1.165) is 5.56 Å². The van der Waals surface area contributed by atoms with Gasteiger partial charge in [-0.05, 0) is 29.8 Å². The van der Waals surface area contributed by atoms with Crippen LogP contribution in [0.5, 0.6) is 17.4 Å². The number of fused-ring (bicyclic) bond motifs is 1. The molecule has 0 unspecified atom stereocenters. The summed E-state index contributed by atoms with van der Waals surface area (Å²) in [6, 6.07) is 12.8. The van der Waals surface area contributed by atoms with Gasteiger partial charge in [0.1, 0.15) is 11.6 Å². The molecule has 0 saturated heterocycles. The summed E-state index contributed by atoms with van der Waals surface area (Å²) in [6.45, 7) is 0. The number of nitrogens with one attached hydrogen (secondary N) is 1. The van der Waals surface area contributed by atoms with Crippen molar-refractivity contribution < 1.29 is 14.2 Å².